The number of nitrogens with one attached hydrogen (secondary N) is 1. The monoisotopic (exact) mass is 394 g/mol. The summed E-state index contributed by atoms with van der Waals surface area (Å²) >= 11 is 0. The van der Waals surface area contributed by atoms with Crippen LogP contribution in [-0.2, 0) is 11.8 Å². The molecular weight excluding hydrogens is 364 g/mol. The molecule has 0 aromatic heterocycles. The van der Waals surface area contributed by atoms with Gasteiger partial charge < -0.3 is 20.3 Å². The predicted molar refractivity (Wildman–Crippen MR) is 108 cm³/mol. The van der Waals surface area contributed by atoms with Crippen LogP contribution in [0.3, 0.4) is 0 Å². The van der Waals surface area contributed by atoms with Crippen molar-refractivity contribution in [3.63, 3.8) is 0 Å². The zero-order valence-electron chi connectivity index (χ0n) is 17.1. The molecule has 0 radical (unpaired) electrons. The smallest absolute Gasteiger partial charge is 0.141 e. The van der Waals surface area contributed by atoms with Crippen LogP contribution in [0.15, 0.2) is 12.1 Å². The standard InChI is InChI=1S/C24H30N2O3/c1-14-22(13-26-11-15-3-2-4-15)9-16-5-6-17(10-25)20-19(16)23(12-22)21(29-20)18(27)7-8-24(14,23)28/h5-6,14-15,18,21,26-28H,2-4,7-9,11-13H2,1H3/t14?,18?,21?,22?,23?,24-/m1/s1. The minimum Gasteiger partial charge on any atom is -0.485 e. The van der Waals surface area contributed by atoms with Gasteiger partial charge in [-0.2, -0.15) is 5.26 Å². The molecule has 5 heteroatoms. The lowest BCUT2D eigenvalue weighted by Gasteiger charge is -2.50. The Labute approximate surface area is 172 Å². The topological polar surface area (TPSA) is 85.5 Å². The lowest BCUT2D eigenvalue weighted by atomic mass is 9.56. The molecule has 3 N–H and O–H groups in total. The minimum absolute atomic E-state index is 0.0487. The van der Waals surface area contributed by atoms with Crippen molar-refractivity contribution in [3.05, 3.63) is 28.8 Å². The number of hydrogen-bond acceptors (Lipinski definition) is 5. The molecule has 1 aliphatic heterocycles. The van der Waals surface area contributed by atoms with E-state index in [0.29, 0.717) is 24.2 Å². The molecule has 0 saturated heterocycles. The average Bonchev–Trinajstić information content (AvgIpc) is 3.11. The number of hydrogen-bond donors (Lipinski definition) is 3. The van der Waals surface area contributed by atoms with Crippen LogP contribution in [0, 0.1) is 28.6 Å². The minimum atomic E-state index is -0.903. The number of benzene rings is 1. The molecule has 5 nitrogen and oxygen atoms in total. The number of aliphatic hydroxyl groups is 2. The van der Waals surface area contributed by atoms with E-state index in [9.17, 15) is 15.5 Å². The Bertz CT molecular complexity index is 921. The molecule has 2 bridgehead atoms. The Balaban J connectivity index is 1.48. The summed E-state index contributed by atoms with van der Waals surface area (Å²) in [6.45, 7) is 4.17. The largest absolute Gasteiger partial charge is 0.485 e. The van der Waals surface area contributed by atoms with Gasteiger partial charge in [0.2, 0.25) is 0 Å². The molecule has 6 rings (SSSR count). The number of ether oxygens (including phenoxy) is 1. The van der Waals surface area contributed by atoms with Crippen LogP contribution < -0.4 is 10.1 Å². The van der Waals surface area contributed by atoms with Gasteiger partial charge in [-0.3, -0.25) is 0 Å². The number of aliphatic hydroxyl groups excluding tert-OH is 1. The predicted octanol–water partition coefficient (Wildman–Crippen LogP) is 2.41. The highest BCUT2D eigenvalue weighted by Gasteiger charge is 2.77. The van der Waals surface area contributed by atoms with E-state index in [4.69, 9.17) is 4.74 Å². The summed E-state index contributed by atoms with van der Waals surface area (Å²) in [6.07, 6.45) is 5.81. The third-order valence-electron chi connectivity index (χ3n) is 9.43. The zero-order chi connectivity index (χ0) is 20.0. The molecule has 0 amide bonds. The van der Waals surface area contributed by atoms with Gasteiger partial charge in [0.25, 0.3) is 0 Å². The normalized spacial score (nSPS) is 44.0. The number of nitrogens with zero attached hydrogens (tertiary/aromatic N) is 1. The summed E-state index contributed by atoms with van der Waals surface area (Å²) in [5, 5.41) is 36.5. The van der Waals surface area contributed by atoms with Crippen LogP contribution in [0.5, 0.6) is 5.75 Å². The lowest BCUT2D eigenvalue weighted by Crippen LogP contribution is -2.63. The molecule has 29 heavy (non-hydrogen) atoms. The van der Waals surface area contributed by atoms with Gasteiger partial charge in [-0.15, -0.1) is 0 Å². The first-order valence-corrected chi connectivity index (χ1v) is 11.3. The molecule has 5 unspecified atom stereocenters. The van der Waals surface area contributed by atoms with Gasteiger partial charge in [0, 0.05) is 12.1 Å². The average molecular weight is 395 g/mol. The molecule has 3 saturated carbocycles. The highest BCUT2D eigenvalue weighted by Crippen LogP contribution is 2.73. The third-order valence-corrected chi connectivity index (χ3v) is 9.43. The second kappa shape index (κ2) is 5.75. The van der Waals surface area contributed by atoms with Gasteiger partial charge >= 0.3 is 0 Å². The van der Waals surface area contributed by atoms with Crippen LogP contribution in [0.4, 0.5) is 0 Å². The summed E-state index contributed by atoms with van der Waals surface area (Å²) in [5.74, 6) is 1.53. The first-order valence-electron chi connectivity index (χ1n) is 11.3. The Hall–Kier alpha value is -1.61. The molecular formula is C24H30N2O3. The molecule has 3 fully saturated rings. The second-order valence-corrected chi connectivity index (χ2v) is 10.5. The van der Waals surface area contributed by atoms with Gasteiger partial charge in [-0.1, -0.05) is 19.4 Å². The molecule has 154 valence electrons. The van der Waals surface area contributed by atoms with Crippen LogP contribution in [-0.4, -0.2) is 41.1 Å². The van der Waals surface area contributed by atoms with Crippen LogP contribution in [0.2, 0.25) is 0 Å². The van der Waals surface area contributed by atoms with E-state index in [-0.39, 0.29) is 11.3 Å². The fourth-order valence-electron chi connectivity index (χ4n) is 7.71. The van der Waals surface area contributed by atoms with Gasteiger partial charge in [0.05, 0.1) is 22.7 Å². The van der Waals surface area contributed by atoms with Crippen LogP contribution in [0.25, 0.3) is 0 Å². The van der Waals surface area contributed by atoms with E-state index in [2.05, 4.69) is 24.4 Å². The van der Waals surface area contributed by atoms with Gasteiger partial charge in [-0.05, 0) is 74.0 Å². The Morgan fingerprint density at radius 3 is 2.86 bits per heavy atom. The van der Waals surface area contributed by atoms with Gasteiger partial charge in [0.15, 0.2) is 0 Å². The van der Waals surface area contributed by atoms with Crippen LogP contribution in [0.1, 0.15) is 62.1 Å². The number of fused-ring (bicyclic) bond motifs is 1. The molecule has 6 atom stereocenters. The van der Waals surface area contributed by atoms with E-state index >= 15 is 0 Å². The summed E-state index contributed by atoms with van der Waals surface area (Å²) in [4.78, 5) is 0. The highest BCUT2D eigenvalue weighted by atomic mass is 16.5. The fourth-order valence-corrected chi connectivity index (χ4v) is 7.71. The van der Waals surface area contributed by atoms with E-state index in [1.54, 1.807) is 0 Å². The first kappa shape index (κ1) is 18.2. The van der Waals surface area contributed by atoms with E-state index in [0.717, 1.165) is 37.4 Å². The van der Waals surface area contributed by atoms with Crippen molar-refractivity contribution in [2.45, 2.75) is 75.1 Å². The highest BCUT2D eigenvalue weighted by molar-refractivity contribution is 5.63. The Kier molecular flexibility index (Phi) is 3.61. The van der Waals surface area contributed by atoms with E-state index in [1.165, 1.54) is 24.8 Å². The molecule has 5 aliphatic rings. The maximum Gasteiger partial charge on any atom is 0.141 e. The van der Waals surface area contributed by atoms with Crippen molar-refractivity contribution in [1.29, 1.82) is 5.26 Å². The maximum absolute atomic E-state index is 12.2. The molecule has 1 spiro atoms. The fraction of sp³-hybridized carbons (Fsp3) is 0.708. The van der Waals surface area contributed by atoms with Crippen molar-refractivity contribution >= 4 is 0 Å². The van der Waals surface area contributed by atoms with Gasteiger partial charge in [0.1, 0.15) is 17.9 Å². The zero-order valence-corrected chi connectivity index (χ0v) is 17.1. The Morgan fingerprint density at radius 2 is 2.14 bits per heavy atom. The quantitative estimate of drug-likeness (QED) is 0.730. The van der Waals surface area contributed by atoms with Crippen molar-refractivity contribution in [2.24, 2.45) is 17.3 Å². The first-order chi connectivity index (χ1) is 14.0. The number of rotatable bonds is 4. The van der Waals surface area contributed by atoms with Crippen LogP contribution >= 0.6 is 0 Å². The number of nitriles is 1. The molecule has 1 heterocycles. The van der Waals surface area contributed by atoms with Crippen molar-refractivity contribution in [1.82, 2.24) is 5.32 Å². The molecule has 1 aromatic carbocycles. The SMILES string of the molecule is CC1C2(CNCC3CCC3)Cc3ccc(C#N)c4c3C3(C2)C(O4)C(O)CC[C@@]13O. The Morgan fingerprint density at radius 1 is 1.31 bits per heavy atom. The lowest BCUT2D eigenvalue weighted by molar-refractivity contribution is -0.146. The summed E-state index contributed by atoms with van der Waals surface area (Å²) in [6, 6.07) is 6.20. The van der Waals surface area contributed by atoms with E-state index < -0.39 is 23.2 Å². The van der Waals surface area contributed by atoms with Crippen molar-refractivity contribution in [3.8, 4) is 11.8 Å². The molecule has 4 aliphatic carbocycles. The second-order valence-electron chi connectivity index (χ2n) is 10.5. The van der Waals surface area contributed by atoms with E-state index in [1.807, 2.05) is 6.07 Å². The maximum atomic E-state index is 12.2. The molecule has 1 aromatic rings. The van der Waals surface area contributed by atoms with Gasteiger partial charge in [-0.25, -0.2) is 0 Å². The van der Waals surface area contributed by atoms with Crippen molar-refractivity contribution < 1.29 is 14.9 Å². The van der Waals surface area contributed by atoms with Crippen molar-refractivity contribution in [2.75, 3.05) is 13.1 Å². The summed E-state index contributed by atoms with van der Waals surface area (Å²) in [5.41, 5.74) is 1.21. The third kappa shape index (κ3) is 2.01. The summed E-state index contributed by atoms with van der Waals surface area (Å²) in [7, 11) is 0. The summed E-state index contributed by atoms with van der Waals surface area (Å²) < 4.78 is 6.33.